The molecule has 2 aromatic rings. The number of ether oxygens (including phenoxy) is 2. The normalized spacial score (nSPS) is 17.3. The second kappa shape index (κ2) is 11.7. The van der Waals surface area contributed by atoms with Gasteiger partial charge in [-0.2, -0.15) is 5.26 Å². The van der Waals surface area contributed by atoms with E-state index in [0.717, 1.165) is 18.9 Å². The van der Waals surface area contributed by atoms with E-state index in [2.05, 4.69) is 16.7 Å². The summed E-state index contributed by atoms with van der Waals surface area (Å²) in [6.45, 7) is 2.19. The molecule has 11 heteroatoms. The fourth-order valence-corrected chi connectivity index (χ4v) is 4.62. The Morgan fingerprint density at radius 3 is 2.57 bits per heavy atom. The Kier molecular flexibility index (Phi) is 8.73. The van der Waals surface area contributed by atoms with Crippen LogP contribution in [0.1, 0.15) is 18.4 Å². The third-order valence-electron chi connectivity index (χ3n) is 5.07. The third-order valence-corrected chi connectivity index (χ3v) is 6.39. The van der Waals surface area contributed by atoms with E-state index in [1.807, 2.05) is 0 Å². The molecule has 1 heterocycles. The number of halogens is 2. The first-order chi connectivity index (χ1) is 16.8. The van der Waals surface area contributed by atoms with Gasteiger partial charge < -0.3 is 20.1 Å². The van der Waals surface area contributed by atoms with Crippen LogP contribution in [0.15, 0.2) is 53.1 Å². The van der Waals surface area contributed by atoms with E-state index in [9.17, 15) is 24.0 Å². The highest BCUT2D eigenvalue weighted by Crippen LogP contribution is 2.42. The summed E-state index contributed by atoms with van der Waals surface area (Å²) >= 11 is 7.25. The molecule has 0 fully saturated rings. The molecule has 0 saturated carbocycles. The number of nitriles is 1. The molecule has 2 atom stereocenters. The molecule has 0 saturated heterocycles. The number of thioether (sulfide) groups is 1. The van der Waals surface area contributed by atoms with E-state index in [4.69, 9.17) is 21.1 Å². The minimum absolute atomic E-state index is 0.0832. The van der Waals surface area contributed by atoms with Crippen LogP contribution in [0.4, 0.5) is 10.1 Å². The number of carbonyl (C=O) groups excluding carboxylic acids is 3. The van der Waals surface area contributed by atoms with Crippen LogP contribution in [-0.2, 0) is 19.1 Å². The topological polar surface area (TPSA) is 118 Å². The number of esters is 1. The second-order valence-electron chi connectivity index (χ2n) is 7.29. The Bertz CT molecular complexity index is 1210. The second-order valence-corrected chi connectivity index (χ2v) is 8.68. The molecular weight excluding hydrogens is 497 g/mol. The highest BCUT2D eigenvalue weighted by atomic mass is 35.5. The lowest BCUT2D eigenvalue weighted by Gasteiger charge is -2.31. The molecule has 3 rings (SSSR count). The average molecular weight is 518 g/mol. The summed E-state index contributed by atoms with van der Waals surface area (Å²) in [6, 6.07) is 12.0. The molecule has 2 aromatic carbocycles. The SMILES string of the molecule is CCOc1ccc([C@H]2C(C#N)=C(SCC(=O)Nc3ccc(F)cc3)NC(=O)[C@@H]2C(=O)OC)cc1Cl. The van der Waals surface area contributed by atoms with Crippen molar-refractivity contribution in [3.8, 4) is 11.8 Å². The highest BCUT2D eigenvalue weighted by Gasteiger charge is 2.44. The molecule has 182 valence electrons. The van der Waals surface area contributed by atoms with Crippen molar-refractivity contribution in [2.24, 2.45) is 5.92 Å². The monoisotopic (exact) mass is 517 g/mol. The Morgan fingerprint density at radius 2 is 1.97 bits per heavy atom. The van der Waals surface area contributed by atoms with Gasteiger partial charge in [-0.15, -0.1) is 0 Å². The Hall–Kier alpha value is -3.55. The lowest BCUT2D eigenvalue weighted by atomic mass is 9.78. The van der Waals surface area contributed by atoms with Gasteiger partial charge in [-0.25, -0.2) is 4.39 Å². The standard InChI is InChI=1S/C24H21ClFN3O5S/c1-3-34-18-9-4-13(10-17(18)25)20-16(11-27)23(29-22(31)21(20)24(32)33-2)35-12-19(30)28-15-7-5-14(26)6-8-15/h4-10,20-21H,3,12H2,1-2H3,(H,28,30)(H,29,31)/t20-,21+/m0/s1. The third kappa shape index (κ3) is 6.12. The van der Waals surface area contributed by atoms with Crippen molar-refractivity contribution in [1.29, 1.82) is 5.26 Å². The van der Waals surface area contributed by atoms with Crippen molar-refractivity contribution in [3.05, 3.63) is 69.5 Å². The lowest BCUT2D eigenvalue weighted by Crippen LogP contribution is -2.44. The number of hydrogen-bond acceptors (Lipinski definition) is 7. The van der Waals surface area contributed by atoms with Gasteiger partial charge in [0.1, 0.15) is 17.5 Å². The van der Waals surface area contributed by atoms with Crippen LogP contribution in [0, 0.1) is 23.1 Å². The summed E-state index contributed by atoms with van der Waals surface area (Å²) in [4.78, 5) is 37.8. The average Bonchev–Trinajstić information content (AvgIpc) is 2.84. The summed E-state index contributed by atoms with van der Waals surface area (Å²) in [5.74, 6) is -4.42. The molecule has 8 nitrogen and oxygen atoms in total. The minimum Gasteiger partial charge on any atom is -0.492 e. The number of nitrogens with zero attached hydrogens (tertiary/aromatic N) is 1. The molecule has 0 spiro atoms. The number of benzene rings is 2. The molecule has 2 N–H and O–H groups in total. The van der Waals surface area contributed by atoms with E-state index in [1.165, 1.54) is 30.3 Å². The molecule has 0 aliphatic carbocycles. The number of allylic oxidation sites excluding steroid dienone is 1. The van der Waals surface area contributed by atoms with Gasteiger partial charge in [0, 0.05) is 11.6 Å². The van der Waals surface area contributed by atoms with Gasteiger partial charge in [-0.1, -0.05) is 29.4 Å². The molecule has 0 bridgehead atoms. The largest absolute Gasteiger partial charge is 0.492 e. The van der Waals surface area contributed by atoms with Crippen LogP contribution in [0.25, 0.3) is 0 Å². The van der Waals surface area contributed by atoms with Crippen LogP contribution in [0.2, 0.25) is 5.02 Å². The summed E-state index contributed by atoms with van der Waals surface area (Å²) < 4.78 is 23.3. The number of nitrogens with one attached hydrogen (secondary N) is 2. The van der Waals surface area contributed by atoms with Gasteiger partial charge in [0.05, 0.1) is 41.2 Å². The zero-order valence-electron chi connectivity index (χ0n) is 18.8. The zero-order chi connectivity index (χ0) is 25.5. The molecule has 2 amide bonds. The number of anilines is 1. The summed E-state index contributed by atoms with van der Waals surface area (Å²) in [6.07, 6.45) is 0. The quantitative estimate of drug-likeness (QED) is 0.401. The molecule has 0 unspecified atom stereocenters. The van der Waals surface area contributed by atoms with Crippen molar-refractivity contribution in [2.45, 2.75) is 12.8 Å². The van der Waals surface area contributed by atoms with Crippen LogP contribution in [0.5, 0.6) is 5.75 Å². The molecule has 35 heavy (non-hydrogen) atoms. The first-order valence-electron chi connectivity index (χ1n) is 10.4. The first-order valence-corrected chi connectivity index (χ1v) is 11.8. The van der Waals surface area contributed by atoms with E-state index < -0.39 is 35.4 Å². The van der Waals surface area contributed by atoms with Crippen molar-refractivity contribution in [3.63, 3.8) is 0 Å². The van der Waals surface area contributed by atoms with Crippen LogP contribution >= 0.6 is 23.4 Å². The lowest BCUT2D eigenvalue weighted by molar-refractivity contribution is -0.150. The van der Waals surface area contributed by atoms with Crippen molar-refractivity contribution >= 4 is 46.8 Å². The number of methoxy groups -OCH3 is 1. The smallest absolute Gasteiger partial charge is 0.319 e. The summed E-state index contributed by atoms with van der Waals surface area (Å²) in [5, 5.41) is 15.5. The van der Waals surface area contributed by atoms with Gasteiger partial charge in [-0.05, 0) is 48.9 Å². The molecule has 1 aliphatic heterocycles. The molecule has 0 aromatic heterocycles. The van der Waals surface area contributed by atoms with E-state index in [1.54, 1.807) is 19.1 Å². The van der Waals surface area contributed by atoms with Crippen molar-refractivity contribution in [2.75, 3.05) is 24.8 Å². The molecule has 0 radical (unpaired) electrons. The van der Waals surface area contributed by atoms with Crippen LogP contribution in [-0.4, -0.2) is 37.3 Å². The van der Waals surface area contributed by atoms with E-state index >= 15 is 0 Å². The summed E-state index contributed by atoms with van der Waals surface area (Å²) in [5.41, 5.74) is 0.917. The fourth-order valence-electron chi connectivity index (χ4n) is 3.53. The van der Waals surface area contributed by atoms with Crippen molar-refractivity contribution in [1.82, 2.24) is 5.32 Å². The van der Waals surface area contributed by atoms with E-state index in [0.29, 0.717) is 23.6 Å². The number of rotatable bonds is 8. The Balaban J connectivity index is 1.92. The Morgan fingerprint density at radius 1 is 1.26 bits per heavy atom. The Labute approximate surface area is 210 Å². The maximum atomic E-state index is 13.1. The maximum absolute atomic E-state index is 13.1. The maximum Gasteiger partial charge on any atom is 0.319 e. The fraction of sp³-hybridized carbons (Fsp3) is 0.250. The molecule has 1 aliphatic rings. The predicted octanol–water partition coefficient (Wildman–Crippen LogP) is 3.99. The van der Waals surface area contributed by atoms with E-state index in [-0.39, 0.29) is 21.4 Å². The highest BCUT2D eigenvalue weighted by molar-refractivity contribution is 8.03. The molecular formula is C24H21ClFN3O5S. The predicted molar refractivity (Wildman–Crippen MR) is 129 cm³/mol. The first kappa shape index (κ1) is 26.1. The van der Waals surface area contributed by atoms with Gasteiger partial charge in [-0.3, -0.25) is 14.4 Å². The minimum atomic E-state index is -1.33. The number of amides is 2. The number of carbonyl (C=O) groups is 3. The van der Waals surface area contributed by atoms with Crippen LogP contribution < -0.4 is 15.4 Å². The van der Waals surface area contributed by atoms with Crippen molar-refractivity contribution < 1.29 is 28.2 Å². The van der Waals surface area contributed by atoms with Crippen LogP contribution in [0.3, 0.4) is 0 Å². The van der Waals surface area contributed by atoms with Gasteiger partial charge in [0.25, 0.3) is 0 Å². The van der Waals surface area contributed by atoms with Gasteiger partial charge in [0.15, 0.2) is 0 Å². The van der Waals surface area contributed by atoms with Gasteiger partial charge >= 0.3 is 5.97 Å². The van der Waals surface area contributed by atoms with Gasteiger partial charge in [0.2, 0.25) is 11.8 Å². The number of hydrogen-bond donors (Lipinski definition) is 2. The zero-order valence-corrected chi connectivity index (χ0v) is 20.3. The summed E-state index contributed by atoms with van der Waals surface area (Å²) in [7, 11) is 1.15.